The maximum atomic E-state index is 5.22. The molecule has 1 aliphatic heterocycles. The van der Waals surface area contributed by atoms with Crippen LogP contribution in [0.15, 0.2) is 36.5 Å². The molecule has 0 radical (unpaired) electrons. The maximum Gasteiger partial charge on any atom is 0.118 e. The van der Waals surface area contributed by atoms with Gasteiger partial charge in [0.05, 0.1) is 7.11 Å². The number of aromatic nitrogens is 2. The molecular formula is C15H19N3O. The molecule has 1 atom stereocenters. The van der Waals surface area contributed by atoms with Crippen molar-refractivity contribution in [3.8, 4) is 5.75 Å². The molecule has 4 nitrogen and oxygen atoms in total. The predicted octanol–water partition coefficient (Wildman–Crippen LogP) is 2.76. The van der Waals surface area contributed by atoms with Crippen molar-refractivity contribution in [2.75, 3.05) is 13.7 Å². The summed E-state index contributed by atoms with van der Waals surface area (Å²) in [7, 11) is 1.70. The van der Waals surface area contributed by atoms with Crippen LogP contribution in [0, 0.1) is 0 Å². The first kappa shape index (κ1) is 12.2. The number of aromatic amines is 1. The number of methoxy groups -OCH3 is 1. The second-order valence-corrected chi connectivity index (χ2v) is 4.98. The second-order valence-electron chi connectivity index (χ2n) is 4.98. The molecule has 2 heterocycles. The van der Waals surface area contributed by atoms with Crippen molar-refractivity contribution in [2.45, 2.75) is 25.4 Å². The topological polar surface area (TPSA) is 41.1 Å². The van der Waals surface area contributed by atoms with Gasteiger partial charge in [0.25, 0.3) is 0 Å². The van der Waals surface area contributed by atoms with E-state index in [1.807, 2.05) is 24.4 Å². The summed E-state index contributed by atoms with van der Waals surface area (Å²) in [5.41, 5.74) is 2.55. The molecule has 3 rings (SSSR count). The third kappa shape index (κ3) is 2.63. The van der Waals surface area contributed by atoms with E-state index in [-0.39, 0.29) is 0 Å². The molecule has 19 heavy (non-hydrogen) atoms. The third-order valence-electron chi connectivity index (χ3n) is 3.80. The number of hydrogen-bond donors (Lipinski definition) is 1. The zero-order valence-electron chi connectivity index (χ0n) is 11.2. The summed E-state index contributed by atoms with van der Waals surface area (Å²) in [5.74, 6) is 0.918. The normalized spacial score (nSPS) is 19.7. The highest BCUT2D eigenvalue weighted by Gasteiger charge is 2.26. The van der Waals surface area contributed by atoms with Gasteiger partial charge in [-0.05, 0) is 43.1 Å². The van der Waals surface area contributed by atoms with Crippen molar-refractivity contribution in [3.63, 3.8) is 0 Å². The number of likely N-dealkylation sites (tertiary alicyclic amines) is 1. The first-order valence-electron chi connectivity index (χ1n) is 6.73. The number of nitrogens with zero attached hydrogens (tertiary/aromatic N) is 2. The van der Waals surface area contributed by atoms with Crippen LogP contribution in [0.5, 0.6) is 5.75 Å². The fraction of sp³-hybridized carbons (Fsp3) is 0.400. The minimum Gasteiger partial charge on any atom is -0.497 e. The highest BCUT2D eigenvalue weighted by Crippen LogP contribution is 2.33. The van der Waals surface area contributed by atoms with Crippen LogP contribution in [0.3, 0.4) is 0 Å². The van der Waals surface area contributed by atoms with E-state index in [9.17, 15) is 0 Å². The van der Waals surface area contributed by atoms with Gasteiger partial charge in [-0.3, -0.25) is 10.00 Å². The minimum absolute atomic E-state index is 0.509. The van der Waals surface area contributed by atoms with Gasteiger partial charge in [-0.25, -0.2) is 0 Å². The lowest BCUT2D eigenvalue weighted by Crippen LogP contribution is -2.22. The van der Waals surface area contributed by atoms with Crippen LogP contribution in [0.2, 0.25) is 0 Å². The molecule has 1 unspecified atom stereocenters. The van der Waals surface area contributed by atoms with E-state index >= 15 is 0 Å². The van der Waals surface area contributed by atoms with E-state index in [2.05, 4.69) is 27.2 Å². The average Bonchev–Trinajstić information content (AvgIpc) is 3.11. The lowest BCUT2D eigenvalue weighted by Gasteiger charge is -2.24. The highest BCUT2D eigenvalue weighted by atomic mass is 16.5. The van der Waals surface area contributed by atoms with Gasteiger partial charge >= 0.3 is 0 Å². The molecule has 0 saturated carbocycles. The fourth-order valence-corrected chi connectivity index (χ4v) is 2.81. The summed E-state index contributed by atoms with van der Waals surface area (Å²) in [5, 5.41) is 7.06. The molecule has 1 aromatic heterocycles. The van der Waals surface area contributed by atoms with E-state index in [4.69, 9.17) is 4.74 Å². The van der Waals surface area contributed by atoms with Crippen molar-refractivity contribution < 1.29 is 4.74 Å². The Morgan fingerprint density at radius 3 is 2.84 bits per heavy atom. The molecule has 0 amide bonds. The van der Waals surface area contributed by atoms with Crippen molar-refractivity contribution in [1.82, 2.24) is 15.1 Å². The molecule has 0 aliphatic carbocycles. The average molecular weight is 257 g/mol. The molecule has 0 spiro atoms. The highest BCUT2D eigenvalue weighted by molar-refractivity contribution is 5.29. The molecule has 1 saturated heterocycles. The van der Waals surface area contributed by atoms with Gasteiger partial charge in [-0.2, -0.15) is 5.10 Å². The van der Waals surface area contributed by atoms with E-state index in [0.29, 0.717) is 6.04 Å². The van der Waals surface area contributed by atoms with Crippen LogP contribution >= 0.6 is 0 Å². The Balaban J connectivity index is 1.74. The second kappa shape index (κ2) is 5.45. The Morgan fingerprint density at radius 2 is 2.16 bits per heavy atom. The Labute approximate surface area is 113 Å². The van der Waals surface area contributed by atoms with Crippen molar-refractivity contribution >= 4 is 0 Å². The molecule has 1 aromatic carbocycles. The largest absolute Gasteiger partial charge is 0.497 e. The number of hydrogen-bond acceptors (Lipinski definition) is 3. The summed E-state index contributed by atoms with van der Waals surface area (Å²) in [6, 6.07) is 11.0. The zero-order chi connectivity index (χ0) is 13.1. The van der Waals surface area contributed by atoms with E-state index < -0.39 is 0 Å². The first-order chi connectivity index (χ1) is 9.36. The molecule has 100 valence electrons. The van der Waals surface area contributed by atoms with E-state index in [0.717, 1.165) is 18.8 Å². The zero-order valence-corrected chi connectivity index (χ0v) is 11.2. The maximum absolute atomic E-state index is 5.22. The van der Waals surface area contributed by atoms with Gasteiger partial charge in [-0.15, -0.1) is 0 Å². The summed E-state index contributed by atoms with van der Waals surface area (Å²) in [4.78, 5) is 2.51. The monoisotopic (exact) mass is 257 g/mol. The van der Waals surface area contributed by atoms with Crippen molar-refractivity contribution in [2.24, 2.45) is 0 Å². The van der Waals surface area contributed by atoms with Gasteiger partial charge in [0.2, 0.25) is 0 Å². The predicted molar refractivity (Wildman–Crippen MR) is 74.0 cm³/mol. The van der Waals surface area contributed by atoms with E-state index in [1.54, 1.807) is 7.11 Å². The summed E-state index contributed by atoms with van der Waals surface area (Å²) >= 11 is 0. The van der Waals surface area contributed by atoms with Crippen molar-refractivity contribution in [3.05, 3.63) is 47.8 Å². The molecular weight excluding hydrogens is 238 g/mol. The van der Waals surface area contributed by atoms with Crippen molar-refractivity contribution in [1.29, 1.82) is 0 Å². The third-order valence-corrected chi connectivity index (χ3v) is 3.80. The van der Waals surface area contributed by atoms with Crippen LogP contribution in [-0.2, 0) is 6.54 Å². The van der Waals surface area contributed by atoms with Gasteiger partial charge in [0.15, 0.2) is 0 Å². The van der Waals surface area contributed by atoms with Crippen LogP contribution in [0.25, 0.3) is 0 Å². The number of H-pyrrole nitrogens is 1. The summed E-state index contributed by atoms with van der Waals surface area (Å²) < 4.78 is 5.22. The number of ether oxygens (including phenoxy) is 1. The van der Waals surface area contributed by atoms with Gasteiger partial charge in [-0.1, -0.05) is 12.1 Å². The smallest absolute Gasteiger partial charge is 0.118 e. The minimum atomic E-state index is 0.509. The van der Waals surface area contributed by atoms with Crippen LogP contribution in [0.4, 0.5) is 0 Å². The van der Waals surface area contributed by atoms with Gasteiger partial charge < -0.3 is 4.74 Å². The molecule has 1 N–H and O–H groups in total. The Kier molecular flexibility index (Phi) is 3.51. The Bertz CT molecular complexity index is 507. The standard InChI is InChI=1S/C15H19N3O/c1-19-14-6-4-12(5-7-14)15-3-2-10-18(15)11-13-8-9-16-17-13/h4-9,15H,2-3,10-11H2,1H3,(H,16,17). The van der Waals surface area contributed by atoms with Gasteiger partial charge in [0.1, 0.15) is 5.75 Å². The quantitative estimate of drug-likeness (QED) is 0.915. The van der Waals surface area contributed by atoms with E-state index in [1.165, 1.54) is 24.1 Å². The fourth-order valence-electron chi connectivity index (χ4n) is 2.81. The summed E-state index contributed by atoms with van der Waals surface area (Å²) in [6.45, 7) is 2.09. The lowest BCUT2D eigenvalue weighted by molar-refractivity contribution is 0.245. The lowest BCUT2D eigenvalue weighted by atomic mass is 10.0. The molecule has 1 fully saturated rings. The molecule has 0 bridgehead atoms. The van der Waals surface area contributed by atoms with Crippen LogP contribution < -0.4 is 4.74 Å². The molecule has 2 aromatic rings. The van der Waals surface area contributed by atoms with Crippen LogP contribution in [-0.4, -0.2) is 28.8 Å². The number of benzene rings is 1. The molecule has 4 heteroatoms. The number of rotatable bonds is 4. The Morgan fingerprint density at radius 1 is 1.32 bits per heavy atom. The van der Waals surface area contributed by atoms with Gasteiger partial charge in [0, 0.05) is 24.5 Å². The molecule has 1 aliphatic rings. The van der Waals surface area contributed by atoms with Crippen LogP contribution in [0.1, 0.15) is 30.1 Å². The SMILES string of the molecule is COc1ccc(C2CCCN2Cc2ccn[nH]2)cc1. The first-order valence-corrected chi connectivity index (χ1v) is 6.73. The number of nitrogens with one attached hydrogen (secondary N) is 1. The summed E-state index contributed by atoms with van der Waals surface area (Å²) in [6.07, 6.45) is 4.29. The Hall–Kier alpha value is -1.81.